The van der Waals surface area contributed by atoms with E-state index in [1.165, 1.54) is 0 Å². The van der Waals surface area contributed by atoms with Crippen LogP contribution in [0.1, 0.15) is 10.5 Å². The van der Waals surface area contributed by atoms with Gasteiger partial charge in [0.2, 0.25) is 0 Å². The van der Waals surface area contributed by atoms with E-state index >= 15 is 0 Å². The lowest BCUT2D eigenvalue weighted by Gasteiger charge is -2.01. The first-order valence-corrected chi connectivity index (χ1v) is 5.76. The van der Waals surface area contributed by atoms with E-state index in [1.54, 1.807) is 28.8 Å². The highest BCUT2D eigenvalue weighted by atomic mass is 79.9. The smallest absolute Gasteiger partial charge is 0.181 e. The van der Waals surface area contributed by atoms with Gasteiger partial charge in [-0.05, 0) is 40.2 Å². The Labute approximate surface area is 105 Å². The average molecular weight is 291 g/mol. The van der Waals surface area contributed by atoms with Crippen molar-refractivity contribution in [3.8, 4) is 11.6 Å². The average Bonchev–Trinajstić information content (AvgIpc) is 2.94. The maximum Gasteiger partial charge on any atom is 0.181 e. The first kappa shape index (κ1) is 10.3. The van der Waals surface area contributed by atoms with Crippen molar-refractivity contribution >= 4 is 27.7 Å². The summed E-state index contributed by atoms with van der Waals surface area (Å²) in [6, 6.07) is 9.05. The highest BCUT2D eigenvalue weighted by molar-refractivity contribution is 9.10. The lowest BCUT2D eigenvalue weighted by molar-refractivity contribution is 0.111. The van der Waals surface area contributed by atoms with Gasteiger partial charge in [-0.3, -0.25) is 9.20 Å². The van der Waals surface area contributed by atoms with E-state index in [4.69, 9.17) is 4.42 Å². The number of nitrogens with zero attached hydrogens (tertiary/aromatic N) is 2. The van der Waals surface area contributed by atoms with E-state index in [1.807, 2.05) is 12.1 Å². The van der Waals surface area contributed by atoms with Crippen LogP contribution in [-0.4, -0.2) is 15.7 Å². The highest BCUT2D eigenvalue weighted by Gasteiger charge is 2.12. The van der Waals surface area contributed by atoms with Gasteiger partial charge in [0.1, 0.15) is 0 Å². The molecule has 0 aliphatic rings. The summed E-state index contributed by atoms with van der Waals surface area (Å²) in [6.45, 7) is 0. The van der Waals surface area contributed by atoms with Crippen molar-refractivity contribution < 1.29 is 9.21 Å². The van der Waals surface area contributed by atoms with Crippen LogP contribution >= 0.6 is 15.9 Å². The minimum atomic E-state index is 0.544. The number of pyridine rings is 1. The van der Waals surface area contributed by atoms with E-state index in [0.29, 0.717) is 21.9 Å². The topological polar surface area (TPSA) is 47.5 Å². The lowest BCUT2D eigenvalue weighted by atomic mass is 10.3. The van der Waals surface area contributed by atoms with Crippen LogP contribution in [0.3, 0.4) is 0 Å². The zero-order valence-electron chi connectivity index (χ0n) is 8.63. The molecule has 0 saturated carbocycles. The zero-order valence-corrected chi connectivity index (χ0v) is 10.2. The van der Waals surface area contributed by atoms with Gasteiger partial charge in [-0.1, -0.05) is 6.07 Å². The third-order valence-electron chi connectivity index (χ3n) is 2.50. The maximum atomic E-state index is 11.0. The molecule has 0 amide bonds. The second-order valence-corrected chi connectivity index (χ2v) is 4.30. The normalized spacial score (nSPS) is 10.9. The van der Waals surface area contributed by atoms with E-state index in [2.05, 4.69) is 20.9 Å². The van der Waals surface area contributed by atoms with Crippen molar-refractivity contribution in [2.24, 2.45) is 0 Å². The Morgan fingerprint density at radius 2 is 2.18 bits per heavy atom. The first-order chi connectivity index (χ1) is 8.29. The fourth-order valence-corrected chi connectivity index (χ4v) is 2.08. The molecular formula is C12H7BrN2O2. The van der Waals surface area contributed by atoms with Crippen molar-refractivity contribution in [2.75, 3.05) is 0 Å². The van der Waals surface area contributed by atoms with Gasteiger partial charge >= 0.3 is 0 Å². The zero-order chi connectivity index (χ0) is 11.8. The quantitative estimate of drug-likeness (QED) is 0.681. The minimum Gasteiger partial charge on any atom is -0.446 e. The number of rotatable bonds is 2. The number of aldehydes is 1. The van der Waals surface area contributed by atoms with Gasteiger partial charge in [0.05, 0.1) is 17.4 Å². The van der Waals surface area contributed by atoms with Gasteiger partial charge in [0, 0.05) is 0 Å². The number of furan rings is 1. The molecule has 3 aromatic heterocycles. The largest absolute Gasteiger partial charge is 0.446 e. The third-order valence-corrected chi connectivity index (χ3v) is 2.92. The number of hydrogen-bond donors (Lipinski definition) is 0. The summed E-state index contributed by atoms with van der Waals surface area (Å²) in [5, 5.41) is 0. The third kappa shape index (κ3) is 1.59. The molecule has 3 heterocycles. The molecule has 0 aromatic carbocycles. The number of halogens is 1. The Kier molecular flexibility index (Phi) is 2.33. The minimum absolute atomic E-state index is 0.544. The summed E-state index contributed by atoms with van der Waals surface area (Å²) in [5.74, 6) is 1.24. The van der Waals surface area contributed by atoms with E-state index in [-0.39, 0.29) is 0 Å². The fourth-order valence-electron chi connectivity index (χ4n) is 1.77. The predicted molar refractivity (Wildman–Crippen MR) is 66.0 cm³/mol. The van der Waals surface area contributed by atoms with E-state index in [9.17, 15) is 4.79 Å². The number of fused-ring (bicyclic) bond motifs is 1. The molecule has 17 heavy (non-hydrogen) atoms. The van der Waals surface area contributed by atoms with Crippen LogP contribution in [0.25, 0.3) is 17.1 Å². The van der Waals surface area contributed by atoms with Crippen LogP contribution < -0.4 is 0 Å². The molecular weight excluding hydrogens is 284 g/mol. The van der Waals surface area contributed by atoms with Crippen molar-refractivity contribution in [1.29, 1.82) is 0 Å². The van der Waals surface area contributed by atoms with Crippen LogP contribution in [0.4, 0.5) is 0 Å². The molecule has 0 bridgehead atoms. The Bertz CT molecular complexity index is 699. The van der Waals surface area contributed by atoms with Gasteiger partial charge in [0.25, 0.3) is 0 Å². The number of imidazole rings is 1. The molecule has 0 unspecified atom stereocenters. The molecule has 0 N–H and O–H groups in total. The first-order valence-electron chi connectivity index (χ1n) is 4.97. The van der Waals surface area contributed by atoms with Gasteiger partial charge in [-0.2, -0.15) is 0 Å². The Balaban J connectivity index is 2.33. The summed E-state index contributed by atoms with van der Waals surface area (Å²) in [4.78, 5) is 15.3. The molecule has 5 heteroatoms. The van der Waals surface area contributed by atoms with E-state index < -0.39 is 0 Å². The molecule has 3 rings (SSSR count). The number of hydrogen-bond acceptors (Lipinski definition) is 3. The predicted octanol–water partition coefficient (Wildman–Crippen LogP) is 3.17. The number of aromatic nitrogens is 2. The summed E-state index contributed by atoms with van der Waals surface area (Å²) in [7, 11) is 0. The molecule has 0 atom stereocenters. The highest BCUT2D eigenvalue weighted by Crippen LogP contribution is 2.25. The molecule has 3 aromatic rings. The monoisotopic (exact) mass is 290 g/mol. The van der Waals surface area contributed by atoms with Crippen molar-refractivity contribution in [3.05, 3.63) is 46.9 Å². The van der Waals surface area contributed by atoms with Gasteiger partial charge in [-0.15, -0.1) is 0 Å². The number of carbonyl (C=O) groups excluding carboxylic acids is 1. The van der Waals surface area contributed by atoms with Crippen LogP contribution in [0.2, 0.25) is 0 Å². The number of carbonyl (C=O) groups is 1. The molecule has 0 fully saturated rings. The Hall–Kier alpha value is -1.88. The van der Waals surface area contributed by atoms with Crippen LogP contribution in [-0.2, 0) is 0 Å². The van der Waals surface area contributed by atoms with Gasteiger partial charge < -0.3 is 4.42 Å². The SMILES string of the molecule is O=Cc1cccc2cnc(-c3ccc(Br)o3)n12. The maximum absolute atomic E-state index is 11.0. The van der Waals surface area contributed by atoms with E-state index in [0.717, 1.165) is 11.8 Å². The molecule has 0 aliphatic heterocycles. The molecule has 0 radical (unpaired) electrons. The Morgan fingerprint density at radius 3 is 2.88 bits per heavy atom. The molecule has 4 nitrogen and oxygen atoms in total. The van der Waals surface area contributed by atoms with Crippen LogP contribution in [0, 0.1) is 0 Å². The van der Waals surface area contributed by atoms with Crippen molar-refractivity contribution in [1.82, 2.24) is 9.38 Å². The summed E-state index contributed by atoms with van der Waals surface area (Å²) < 4.78 is 7.85. The Morgan fingerprint density at radius 1 is 1.29 bits per heavy atom. The molecule has 84 valence electrons. The van der Waals surface area contributed by atoms with Crippen molar-refractivity contribution in [3.63, 3.8) is 0 Å². The second kappa shape index (κ2) is 3.85. The summed E-state index contributed by atoms with van der Waals surface area (Å²) >= 11 is 3.24. The second-order valence-electron chi connectivity index (χ2n) is 3.51. The van der Waals surface area contributed by atoms with Gasteiger partial charge in [0.15, 0.2) is 22.5 Å². The van der Waals surface area contributed by atoms with Crippen LogP contribution in [0.5, 0.6) is 0 Å². The van der Waals surface area contributed by atoms with Crippen molar-refractivity contribution in [2.45, 2.75) is 0 Å². The molecule has 0 spiro atoms. The van der Waals surface area contributed by atoms with Crippen LogP contribution in [0.15, 0.2) is 45.6 Å². The molecule has 0 saturated heterocycles. The fraction of sp³-hybridized carbons (Fsp3) is 0. The molecule has 0 aliphatic carbocycles. The van der Waals surface area contributed by atoms with Gasteiger partial charge in [-0.25, -0.2) is 4.98 Å². The summed E-state index contributed by atoms with van der Waals surface area (Å²) in [6.07, 6.45) is 2.51. The lowest BCUT2D eigenvalue weighted by Crippen LogP contribution is -1.96. The summed E-state index contributed by atoms with van der Waals surface area (Å²) in [5.41, 5.74) is 1.40. The standard InChI is InChI=1S/C12H7BrN2O2/c13-11-5-4-10(17-11)12-14-6-8-2-1-3-9(7-16)15(8)12/h1-7H.